The van der Waals surface area contributed by atoms with E-state index in [-0.39, 0.29) is 25.7 Å². The highest BCUT2D eigenvalue weighted by molar-refractivity contribution is 7.47. The second-order valence-corrected chi connectivity index (χ2v) is 33.0. The third kappa shape index (κ3) is 74.3. The maximum absolute atomic E-state index is 13.1. The first kappa shape index (κ1) is 98.1. The van der Waals surface area contributed by atoms with E-state index in [0.717, 1.165) is 102 Å². The molecule has 0 amide bonds. The molecule has 17 nitrogen and oxygen atoms in total. The van der Waals surface area contributed by atoms with Crippen molar-refractivity contribution in [3.8, 4) is 0 Å². The molecule has 0 aromatic rings. The Kier molecular flexibility index (Phi) is 71.2. The van der Waals surface area contributed by atoms with Crippen molar-refractivity contribution in [2.75, 3.05) is 39.6 Å². The predicted octanol–water partition coefficient (Wildman–Crippen LogP) is 24.3. The van der Waals surface area contributed by atoms with Gasteiger partial charge < -0.3 is 33.8 Å². The number of aliphatic hydroxyl groups excluding tert-OH is 1. The van der Waals surface area contributed by atoms with Crippen LogP contribution in [0.25, 0.3) is 0 Å². The number of aliphatic hydroxyl groups is 1. The van der Waals surface area contributed by atoms with Crippen LogP contribution in [0.1, 0.15) is 427 Å². The van der Waals surface area contributed by atoms with Gasteiger partial charge in [0.05, 0.1) is 26.4 Å². The Hall–Kier alpha value is -1.94. The van der Waals surface area contributed by atoms with Crippen molar-refractivity contribution in [2.45, 2.75) is 445 Å². The van der Waals surface area contributed by atoms with E-state index in [1.807, 2.05) is 0 Å². The number of unbranched alkanes of at least 4 members (excludes halogenated alkanes) is 50. The number of carbonyl (C=O) groups is 4. The molecule has 0 aliphatic heterocycles. The van der Waals surface area contributed by atoms with Gasteiger partial charge in [0.15, 0.2) is 12.2 Å². The van der Waals surface area contributed by atoms with Gasteiger partial charge in [-0.05, 0) is 37.5 Å². The Morgan fingerprint density at radius 1 is 0.270 bits per heavy atom. The Morgan fingerprint density at radius 2 is 0.460 bits per heavy atom. The van der Waals surface area contributed by atoms with Gasteiger partial charge in [-0.2, -0.15) is 0 Å². The molecule has 0 bridgehead atoms. The fourth-order valence-corrected chi connectivity index (χ4v) is 14.1. The zero-order chi connectivity index (χ0) is 73.5. The van der Waals surface area contributed by atoms with Crippen LogP contribution in [0.5, 0.6) is 0 Å². The van der Waals surface area contributed by atoms with Gasteiger partial charge in [-0.25, -0.2) is 9.13 Å². The number of hydrogen-bond donors (Lipinski definition) is 3. The van der Waals surface area contributed by atoms with E-state index in [1.54, 1.807) is 0 Å². The van der Waals surface area contributed by atoms with Crippen LogP contribution >= 0.6 is 15.6 Å². The fourth-order valence-electron chi connectivity index (χ4n) is 12.5. The van der Waals surface area contributed by atoms with Crippen molar-refractivity contribution < 1.29 is 80.2 Å². The summed E-state index contributed by atoms with van der Waals surface area (Å²) >= 11 is 0. The van der Waals surface area contributed by atoms with Gasteiger partial charge in [0, 0.05) is 25.7 Å². The molecule has 2 unspecified atom stereocenters. The number of hydrogen-bond acceptors (Lipinski definition) is 15. The van der Waals surface area contributed by atoms with Crippen molar-refractivity contribution in [1.29, 1.82) is 0 Å². The van der Waals surface area contributed by atoms with E-state index in [0.29, 0.717) is 25.7 Å². The quantitative estimate of drug-likeness (QED) is 0.0222. The summed E-state index contributed by atoms with van der Waals surface area (Å²) in [5.41, 5.74) is 0. The minimum atomic E-state index is -4.96. The van der Waals surface area contributed by atoms with Crippen LogP contribution in [0.15, 0.2) is 0 Å². The highest BCUT2D eigenvalue weighted by atomic mass is 31.2. The molecule has 5 atom stereocenters. The lowest BCUT2D eigenvalue weighted by Crippen LogP contribution is -2.30. The average Bonchev–Trinajstić information content (AvgIpc) is 1.02. The van der Waals surface area contributed by atoms with Crippen LogP contribution in [-0.2, 0) is 65.4 Å². The van der Waals surface area contributed by atoms with Crippen LogP contribution in [0, 0.1) is 11.8 Å². The van der Waals surface area contributed by atoms with Crippen LogP contribution in [0.3, 0.4) is 0 Å². The summed E-state index contributed by atoms with van der Waals surface area (Å²) in [7, 11) is -9.92. The minimum absolute atomic E-state index is 0.107. The molecular formula is C81H158O17P2. The van der Waals surface area contributed by atoms with Gasteiger partial charge in [-0.15, -0.1) is 0 Å². The van der Waals surface area contributed by atoms with Gasteiger partial charge in [-0.3, -0.25) is 37.3 Å². The molecule has 0 aromatic carbocycles. The lowest BCUT2D eigenvalue weighted by molar-refractivity contribution is -0.161. The minimum Gasteiger partial charge on any atom is -0.462 e. The van der Waals surface area contributed by atoms with E-state index in [1.165, 1.54) is 244 Å². The second kappa shape index (κ2) is 72.6. The monoisotopic (exact) mass is 1470 g/mol. The normalized spacial score (nSPS) is 13.9. The summed E-state index contributed by atoms with van der Waals surface area (Å²) in [6, 6.07) is 0. The lowest BCUT2D eigenvalue weighted by atomic mass is 10.0. The van der Waals surface area contributed by atoms with E-state index in [4.69, 9.17) is 37.0 Å². The highest BCUT2D eigenvalue weighted by Crippen LogP contribution is 2.45. The second-order valence-electron chi connectivity index (χ2n) is 30.1. The van der Waals surface area contributed by atoms with Crippen molar-refractivity contribution in [2.24, 2.45) is 11.8 Å². The van der Waals surface area contributed by atoms with Gasteiger partial charge in [0.1, 0.15) is 19.3 Å². The van der Waals surface area contributed by atoms with Crippen LogP contribution < -0.4 is 0 Å². The SMILES string of the molecule is CCCCCCCCCCCCCCCCCC(=O)OC[C@H](COP(=O)(O)OC[C@@H](O)COP(=O)(O)OC[C@@H](COC(=O)CCCCCCCCCCCCCCC)OC(=O)CCCCCCCCCCCCC(C)C)OC(=O)CCCCCCCCCCCCCCCCCCC(C)C. The lowest BCUT2D eigenvalue weighted by Gasteiger charge is -2.21. The summed E-state index contributed by atoms with van der Waals surface area (Å²) in [5, 5.41) is 10.6. The fraction of sp³-hybridized carbons (Fsp3) is 0.951. The summed E-state index contributed by atoms with van der Waals surface area (Å²) in [5.74, 6) is -0.545. The van der Waals surface area contributed by atoms with Gasteiger partial charge in [0.25, 0.3) is 0 Å². The Labute approximate surface area is 613 Å². The maximum Gasteiger partial charge on any atom is 0.472 e. The molecule has 594 valence electrons. The number of phosphoric acid groups is 2. The molecule has 100 heavy (non-hydrogen) atoms. The Balaban J connectivity index is 5.25. The smallest absolute Gasteiger partial charge is 0.462 e. The highest BCUT2D eigenvalue weighted by Gasteiger charge is 2.30. The molecule has 0 heterocycles. The van der Waals surface area contributed by atoms with Gasteiger partial charge >= 0.3 is 39.5 Å². The first-order valence-electron chi connectivity index (χ1n) is 42.0. The molecule has 0 radical (unpaired) electrons. The van der Waals surface area contributed by atoms with E-state index < -0.39 is 97.5 Å². The number of rotatable bonds is 80. The van der Waals surface area contributed by atoms with Crippen LogP contribution in [-0.4, -0.2) is 96.7 Å². The largest absolute Gasteiger partial charge is 0.472 e. The molecule has 0 spiro atoms. The predicted molar refractivity (Wildman–Crippen MR) is 409 cm³/mol. The average molecular weight is 1470 g/mol. The van der Waals surface area contributed by atoms with Gasteiger partial charge in [-0.1, -0.05) is 375 Å². The van der Waals surface area contributed by atoms with Crippen LogP contribution in [0.4, 0.5) is 0 Å². The van der Waals surface area contributed by atoms with Crippen molar-refractivity contribution in [3.63, 3.8) is 0 Å². The van der Waals surface area contributed by atoms with E-state index in [9.17, 15) is 43.2 Å². The van der Waals surface area contributed by atoms with Crippen LogP contribution in [0.2, 0.25) is 0 Å². The summed E-state index contributed by atoms with van der Waals surface area (Å²) in [6.45, 7) is 9.66. The summed E-state index contributed by atoms with van der Waals surface area (Å²) in [4.78, 5) is 73.1. The molecule has 0 aromatic heterocycles. The third-order valence-electron chi connectivity index (χ3n) is 19.0. The standard InChI is InChI=1S/C81H158O17P2/c1-7-9-11-13-15-17-19-21-24-29-33-40-46-52-58-64-79(84)92-69-76(97-80(85)65-59-53-47-41-34-30-26-23-22-25-28-31-37-43-49-55-61-73(3)4)71-95-99(87,88)93-67-75(82)68-94-100(89,90)96-72-77(98-81(86)66-60-54-48-42-36-35-38-44-50-56-62-74(5)6)70-91-78(83)63-57-51-45-39-32-27-20-18-16-14-12-10-8-2/h73-77,82H,7-72H2,1-6H3,(H,87,88)(H,89,90)/t75-,76-,77-/m1/s1. The molecule has 0 saturated heterocycles. The maximum atomic E-state index is 13.1. The molecule has 0 aliphatic rings. The number of phosphoric ester groups is 2. The third-order valence-corrected chi connectivity index (χ3v) is 20.9. The molecule has 0 aliphatic carbocycles. The Bertz CT molecular complexity index is 1920. The molecule has 0 saturated carbocycles. The number of ether oxygens (including phenoxy) is 4. The van der Waals surface area contributed by atoms with Gasteiger partial charge in [0.2, 0.25) is 0 Å². The number of carbonyl (C=O) groups excluding carboxylic acids is 4. The molecule has 0 rings (SSSR count). The molecular weight excluding hydrogens is 1310 g/mol. The number of esters is 4. The molecule has 19 heteroatoms. The zero-order valence-electron chi connectivity index (χ0n) is 65.5. The van der Waals surface area contributed by atoms with Crippen molar-refractivity contribution in [1.82, 2.24) is 0 Å². The van der Waals surface area contributed by atoms with Crippen molar-refractivity contribution in [3.05, 3.63) is 0 Å². The van der Waals surface area contributed by atoms with Crippen molar-refractivity contribution >= 4 is 39.5 Å². The zero-order valence-corrected chi connectivity index (χ0v) is 67.3. The summed E-state index contributed by atoms with van der Waals surface area (Å²) < 4.78 is 68.8. The Morgan fingerprint density at radius 3 is 0.680 bits per heavy atom. The first-order chi connectivity index (χ1) is 48.4. The van der Waals surface area contributed by atoms with E-state index in [2.05, 4.69) is 41.5 Å². The summed E-state index contributed by atoms with van der Waals surface area (Å²) in [6.07, 6.45) is 62.3. The molecule has 3 N–H and O–H groups in total. The topological polar surface area (TPSA) is 237 Å². The van der Waals surface area contributed by atoms with E-state index >= 15 is 0 Å². The first-order valence-corrected chi connectivity index (χ1v) is 45.0. The molecule has 0 fully saturated rings.